The Bertz CT molecular complexity index is 2770. The summed E-state index contributed by atoms with van der Waals surface area (Å²) in [5.41, 5.74) is 4.46. The van der Waals surface area contributed by atoms with Crippen molar-refractivity contribution < 1.29 is 32.8 Å². The Morgan fingerprint density at radius 2 is 1.80 bits per heavy atom. The molecule has 5 aromatic rings. The molecule has 2 aliphatic heterocycles. The Labute approximate surface area is 383 Å². The van der Waals surface area contributed by atoms with Gasteiger partial charge in [0.15, 0.2) is 0 Å². The number of nitrogens with one attached hydrogen (secondary N) is 4. The van der Waals surface area contributed by atoms with Crippen molar-refractivity contribution in [3.8, 4) is 0 Å². The number of nitrogens with zero attached hydrogens (tertiary/aromatic N) is 7. The van der Waals surface area contributed by atoms with Crippen molar-refractivity contribution in [1.82, 2.24) is 35.8 Å². The molecule has 338 valence electrons. The largest absolute Gasteiger partial charge is 0.346 e. The predicted molar refractivity (Wildman–Crippen MR) is 245 cm³/mol. The van der Waals surface area contributed by atoms with Crippen molar-refractivity contribution in [2.24, 2.45) is 15.0 Å². The van der Waals surface area contributed by atoms with Gasteiger partial charge in [0.1, 0.15) is 23.6 Å². The molecule has 66 heavy (non-hydrogen) atoms. The van der Waals surface area contributed by atoms with E-state index in [0.717, 1.165) is 12.1 Å². The maximum atomic E-state index is 15.0. The summed E-state index contributed by atoms with van der Waals surface area (Å²) in [6.07, 6.45) is 4.45. The Hall–Kier alpha value is -7.41. The quantitative estimate of drug-likeness (QED) is 0.0410. The van der Waals surface area contributed by atoms with Gasteiger partial charge in [-0.25, -0.2) is 13.8 Å². The van der Waals surface area contributed by atoms with Crippen LogP contribution >= 0.6 is 11.6 Å². The topological polar surface area (TPSA) is 204 Å². The van der Waals surface area contributed by atoms with Gasteiger partial charge in [-0.1, -0.05) is 35.9 Å². The Morgan fingerprint density at radius 1 is 1.03 bits per heavy atom. The molecule has 0 spiro atoms. The lowest BCUT2D eigenvalue weighted by Gasteiger charge is -2.30. The van der Waals surface area contributed by atoms with Crippen LogP contribution < -0.4 is 21.3 Å². The van der Waals surface area contributed by atoms with Crippen LogP contribution in [0.3, 0.4) is 0 Å². The number of carbonyl (C=O) groups is 5. The minimum Gasteiger partial charge on any atom is -0.346 e. The van der Waals surface area contributed by atoms with Crippen LogP contribution in [-0.2, 0) is 34.0 Å². The number of amides is 4. The third kappa shape index (κ3) is 11.3. The standard InChI is InChI=1S/C47H44ClF2N11O5/c1-51-22-30-23-53-45(43-37(49)6-4-7-38(43)50)35-21-31(48)11-14-34(35)44(30)56-32-12-9-28(10-13-32)46(65)54-24-33-25-55-61(59-33)20-19-52-18-17-42(64)57-39-8-3-5-29(27-62)36(39)26-60(2)40-15-16-41(63)58-47(40)66/h3-14,21-22,25,27,40,52H,1,15-20,23-24,26H2,2H3,(H,54,65)(H,57,64)(H,58,63,66)/b30-22-,56-44+. The van der Waals surface area contributed by atoms with Gasteiger partial charge in [0.25, 0.3) is 5.91 Å². The summed E-state index contributed by atoms with van der Waals surface area (Å²) < 4.78 is 30.1. The van der Waals surface area contributed by atoms with E-state index in [4.69, 9.17) is 16.6 Å². The first kappa shape index (κ1) is 46.6. The molecule has 4 aromatic carbocycles. The summed E-state index contributed by atoms with van der Waals surface area (Å²) in [5.74, 6) is -2.89. The summed E-state index contributed by atoms with van der Waals surface area (Å²) >= 11 is 6.37. The number of carbonyl (C=O) groups excluding carboxylic acids is 5. The zero-order chi connectivity index (χ0) is 46.7. The predicted octanol–water partition coefficient (Wildman–Crippen LogP) is 5.36. The molecule has 3 heterocycles. The molecule has 1 aromatic heterocycles. The number of hydrogen-bond donors (Lipinski definition) is 4. The van der Waals surface area contributed by atoms with Crippen LogP contribution in [0.1, 0.15) is 67.9 Å². The van der Waals surface area contributed by atoms with Crippen molar-refractivity contribution in [2.75, 3.05) is 32.0 Å². The summed E-state index contributed by atoms with van der Waals surface area (Å²) in [4.78, 5) is 78.5. The van der Waals surface area contributed by atoms with Gasteiger partial charge in [-0.3, -0.25) is 44.2 Å². The van der Waals surface area contributed by atoms with E-state index in [1.807, 2.05) is 0 Å². The Morgan fingerprint density at radius 3 is 2.55 bits per heavy atom. The van der Waals surface area contributed by atoms with Gasteiger partial charge in [0, 0.05) is 82.8 Å². The zero-order valence-corrected chi connectivity index (χ0v) is 36.4. The lowest BCUT2D eigenvalue weighted by molar-refractivity contribution is -0.137. The lowest BCUT2D eigenvalue weighted by Crippen LogP contribution is -2.51. The van der Waals surface area contributed by atoms with Crippen molar-refractivity contribution in [3.05, 3.63) is 153 Å². The fourth-order valence-corrected chi connectivity index (χ4v) is 7.67. The molecule has 1 fully saturated rings. The van der Waals surface area contributed by atoms with E-state index in [-0.39, 0.29) is 61.5 Å². The van der Waals surface area contributed by atoms with Crippen molar-refractivity contribution in [1.29, 1.82) is 0 Å². The first-order valence-corrected chi connectivity index (χ1v) is 21.2. The molecule has 0 radical (unpaired) electrons. The molecule has 4 N–H and O–H groups in total. The number of benzene rings is 4. The van der Waals surface area contributed by atoms with Crippen LogP contribution in [0.25, 0.3) is 0 Å². The number of aliphatic imine (C=N–C) groups is 3. The molecule has 1 atom stereocenters. The van der Waals surface area contributed by atoms with E-state index in [0.29, 0.717) is 93.5 Å². The fourth-order valence-electron chi connectivity index (χ4n) is 7.50. The molecule has 0 saturated carbocycles. The molecule has 7 rings (SSSR count). The van der Waals surface area contributed by atoms with E-state index >= 15 is 8.78 Å². The van der Waals surface area contributed by atoms with Crippen LogP contribution in [-0.4, -0.2) is 101 Å². The van der Waals surface area contributed by atoms with Gasteiger partial charge in [-0.15, -0.1) is 0 Å². The van der Waals surface area contributed by atoms with Crippen LogP contribution in [0, 0.1) is 11.6 Å². The number of likely N-dealkylation sites (N-methyl/N-ethyl adjacent to an activating group) is 1. The van der Waals surface area contributed by atoms with E-state index in [1.54, 1.807) is 78.8 Å². The second-order valence-electron chi connectivity index (χ2n) is 15.3. The van der Waals surface area contributed by atoms with Crippen LogP contribution in [0.2, 0.25) is 5.02 Å². The minimum atomic E-state index is -0.774. The molecule has 19 heteroatoms. The number of piperidine rings is 1. The van der Waals surface area contributed by atoms with E-state index in [9.17, 15) is 24.0 Å². The highest BCUT2D eigenvalue weighted by Crippen LogP contribution is 2.30. The van der Waals surface area contributed by atoms with E-state index in [1.165, 1.54) is 17.1 Å². The van der Waals surface area contributed by atoms with Crippen LogP contribution in [0.4, 0.5) is 20.2 Å². The molecule has 0 bridgehead atoms. The highest BCUT2D eigenvalue weighted by molar-refractivity contribution is 6.32. The summed E-state index contributed by atoms with van der Waals surface area (Å²) in [6, 6.07) is 19.6. The second kappa shape index (κ2) is 21.5. The van der Waals surface area contributed by atoms with Crippen LogP contribution in [0.15, 0.2) is 112 Å². The zero-order valence-electron chi connectivity index (χ0n) is 35.7. The fraction of sp³-hybridized carbons (Fsp3) is 0.234. The van der Waals surface area contributed by atoms with Crippen molar-refractivity contribution >= 4 is 71.0 Å². The SMILES string of the molecule is C=N/C=C1/CN=C(c2c(F)cccc2F)c2cc(Cl)ccc2/C1=N/c1ccc(C(=O)NCc2cnn(CCNCCC(=O)Nc3cccc(C=O)c3CN(C)C3CCC(=O)NC3=O)n2)cc1. The molecule has 16 nitrogen and oxygen atoms in total. The number of halogens is 3. The van der Waals surface area contributed by atoms with Crippen molar-refractivity contribution in [3.63, 3.8) is 0 Å². The van der Waals surface area contributed by atoms with Gasteiger partial charge in [0.05, 0.1) is 54.5 Å². The third-order valence-corrected chi connectivity index (χ3v) is 11.1. The molecule has 1 unspecified atom stereocenters. The Balaban J connectivity index is 0.898. The first-order valence-electron chi connectivity index (χ1n) is 20.8. The number of fused-ring (bicyclic) bond motifs is 1. The number of rotatable bonds is 17. The van der Waals surface area contributed by atoms with Gasteiger partial charge in [0.2, 0.25) is 17.7 Å². The second-order valence-corrected chi connectivity index (χ2v) is 15.8. The maximum Gasteiger partial charge on any atom is 0.251 e. The Kier molecular flexibility index (Phi) is 15.2. The number of hydrogen-bond acceptors (Lipinski definition) is 12. The molecule has 1 saturated heterocycles. The monoisotopic (exact) mass is 915 g/mol. The lowest BCUT2D eigenvalue weighted by atomic mass is 9.93. The van der Waals surface area contributed by atoms with Crippen LogP contribution in [0.5, 0.6) is 0 Å². The summed E-state index contributed by atoms with van der Waals surface area (Å²) in [6.45, 7) is 5.07. The molecule has 4 amide bonds. The number of aromatic nitrogens is 3. The molecule has 0 aliphatic carbocycles. The average molecular weight is 916 g/mol. The number of imide groups is 1. The normalized spacial score (nSPS) is 16.1. The minimum absolute atomic E-state index is 0.00719. The summed E-state index contributed by atoms with van der Waals surface area (Å²) in [5, 5.41) is 20.3. The van der Waals surface area contributed by atoms with Gasteiger partial charge < -0.3 is 16.0 Å². The van der Waals surface area contributed by atoms with Gasteiger partial charge in [-0.05, 0) is 74.8 Å². The molecular formula is C47H44ClF2N11O5. The average Bonchev–Trinajstić information content (AvgIpc) is 3.70. The maximum absolute atomic E-state index is 15.0. The molecular weight excluding hydrogens is 872 g/mol. The third-order valence-electron chi connectivity index (χ3n) is 10.8. The van der Waals surface area contributed by atoms with E-state index < -0.39 is 23.6 Å². The first-order chi connectivity index (χ1) is 31.9. The smallest absolute Gasteiger partial charge is 0.251 e. The molecule has 2 aliphatic rings. The summed E-state index contributed by atoms with van der Waals surface area (Å²) in [7, 11) is 1.73. The van der Waals surface area contributed by atoms with Gasteiger partial charge >= 0.3 is 0 Å². The van der Waals surface area contributed by atoms with Gasteiger partial charge in [-0.2, -0.15) is 15.0 Å². The van der Waals surface area contributed by atoms with Crippen molar-refractivity contribution in [2.45, 2.75) is 44.9 Å². The number of aldehydes is 1. The highest BCUT2D eigenvalue weighted by Gasteiger charge is 2.31. The number of anilines is 1. The highest BCUT2D eigenvalue weighted by atomic mass is 35.5. The van der Waals surface area contributed by atoms with E-state index in [2.05, 4.69) is 48.2 Å².